The van der Waals surface area contributed by atoms with E-state index >= 15 is 0 Å². The average Bonchev–Trinajstić information content (AvgIpc) is 3.83. The van der Waals surface area contributed by atoms with E-state index in [-0.39, 0.29) is 23.9 Å². The van der Waals surface area contributed by atoms with Crippen molar-refractivity contribution in [1.82, 2.24) is 9.80 Å². The molecular formula is C39H54N2O5. The van der Waals surface area contributed by atoms with Crippen molar-refractivity contribution < 1.29 is 23.9 Å². The molecule has 3 aliphatic rings. The number of rotatable bonds is 14. The standard InChI is InChI=1S/C39H54N2O5/c1-29(2)26-41(37(44)17-10-6-9-14-32-12-7-5-8-13-32)35-20-21-39(46-31(4)43)28-40(27-33-18-19-33)23-22-38(39,25-35)34-15-11-16-36(24-34)45-30(3)42/h5,7-8,11-13,15-16,24,29,33,35H,6,9-10,14,17-23,25-28H2,1-4H3. The predicted octanol–water partition coefficient (Wildman–Crippen LogP) is 7.11. The highest BCUT2D eigenvalue weighted by Crippen LogP contribution is 2.55. The predicted molar refractivity (Wildman–Crippen MR) is 181 cm³/mol. The summed E-state index contributed by atoms with van der Waals surface area (Å²) in [6.45, 7) is 10.6. The summed E-state index contributed by atoms with van der Waals surface area (Å²) in [6, 6.07) is 18.4. The molecule has 0 radical (unpaired) electrons. The van der Waals surface area contributed by atoms with Crippen molar-refractivity contribution in [2.45, 2.75) is 115 Å². The smallest absolute Gasteiger partial charge is 0.308 e. The zero-order chi connectivity index (χ0) is 32.7. The molecule has 1 heterocycles. The topological polar surface area (TPSA) is 76.2 Å². The number of aryl methyl sites for hydroxylation is 1. The van der Waals surface area contributed by atoms with Crippen molar-refractivity contribution in [1.29, 1.82) is 0 Å². The summed E-state index contributed by atoms with van der Waals surface area (Å²) in [7, 11) is 0. The molecule has 0 N–H and O–H groups in total. The van der Waals surface area contributed by atoms with Gasteiger partial charge >= 0.3 is 11.9 Å². The van der Waals surface area contributed by atoms with E-state index in [0.717, 1.165) is 63.1 Å². The van der Waals surface area contributed by atoms with Gasteiger partial charge in [0.25, 0.3) is 0 Å². The Hall–Kier alpha value is -3.19. The fraction of sp³-hybridized carbons (Fsp3) is 0.615. The van der Waals surface area contributed by atoms with E-state index < -0.39 is 11.0 Å². The van der Waals surface area contributed by atoms with Gasteiger partial charge in [0.1, 0.15) is 11.4 Å². The number of benzene rings is 2. The molecule has 7 heteroatoms. The summed E-state index contributed by atoms with van der Waals surface area (Å²) in [5, 5.41) is 0. The zero-order valence-corrected chi connectivity index (χ0v) is 28.5. The maximum atomic E-state index is 14.0. The van der Waals surface area contributed by atoms with Gasteiger partial charge in [0.2, 0.25) is 5.91 Å². The summed E-state index contributed by atoms with van der Waals surface area (Å²) < 4.78 is 12.1. The molecule has 0 bridgehead atoms. The van der Waals surface area contributed by atoms with E-state index in [1.807, 2.05) is 24.3 Å². The number of ether oxygens (including phenoxy) is 2. The molecule has 7 nitrogen and oxygen atoms in total. The van der Waals surface area contributed by atoms with Crippen LogP contribution in [-0.2, 0) is 31.0 Å². The van der Waals surface area contributed by atoms with Gasteiger partial charge in [0.15, 0.2) is 0 Å². The second-order valence-corrected chi connectivity index (χ2v) is 14.6. The molecule has 3 unspecified atom stereocenters. The Morgan fingerprint density at radius 3 is 2.41 bits per heavy atom. The highest BCUT2D eigenvalue weighted by molar-refractivity contribution is 5.76. The number of likely N-dealkylation sites (tertiary alicyclic amines) is 1. The van der Waals surface area contributed by atoms with Gasteiger partial charge in [0.05, 0.1) is 0 Å². The van der Waals surface area contributed by atoms with E-state index in [2.05, 4.69) is 54.0 Å². The maximum Gasteiger partial charge on any atom is 0.308 e. The Balaban J connectivity index is 1.40. The molecule has 1 aliphatic heterocycles. The van der Waals surface area contributed by atoms with Crippen LogP contribution in [0.5, 0.6) is 5.75 Å². The molecule has 2 aliphatic carbocycles. The third-order valence-corrected chi connectivity index (χ3v) is 10.4. The van der Waals surface area contributed by atoms with E-state index in [0.29, 0.717) is 44.0 Å². The number of unbranched alkanes of at least 4 members (excludes halogenated alkanes) is 2. The number of fused-ring (bicyclic) bond motifs is 1. The van der Waals surface area contributed by atoms with Crippen LogP contribution in [-0.4, -0.2) is 65.5 Å². The van der Waals surface area contributed by atoms with E-state index in [1.165, 1.54) is 32.3 Å². The third kappa shape index (κ3) is 8.39. The summed E-state index contributed by atoms with van der Waals surface area (Å²) in [4.78, 5) is 43.4. The summed E-state index contributed by atoms with van der Waals surface area (Å²) in [5.41, 5.74) is 1.14. The van der Waals surface area contributed by atoms with Crippen molar-refractivity contribution >= 4 is 17.8 Å². The molecule has 0 aromatic heterocycles. The molecule has 1 saturated heterocycles. The van der Waals surface area contributed by atoms with Crippen LogP contribution in [0.4, 0.5) is 0 Å². The monoisotopic (exact) mass is 630 g/mol. The number of amides is 1. The zero-order valence-electron chi connectivity index (χ0n) is 28.5. The van der Waals surface area contributed by atoms with Gasteiger partial charge in [0, 0.05) is 51.4 Å². The number of hydrogen-bond acceptors (Lipinski definition) is 6. The summed E-state index contributed by atoms with van der Waals surface area (Å²) in [5.74, 6) is 1.18. The number of piperidine rings is 1. The molecular weight excluding hydrogens is 576 g/mol. The van der Waals surface area contributed by atoms with Gasteiger partial charge in [-0.1, -0.05) is 62.7 Å². The van der Waals surface area contributed by atoms with Gasteiger partial charge in [-0.2, -0.15) is 0 Å². The van der Waals surface area contributed by atoms with Crippen molar-refractivity contribution in [2.75, 3.05) is 26.2 Å². The Labute approximate surface area is 276 Å². The first-order chi connectivity index (χ1) is 22.1. The maximum absolute atomic E-state index is 14.0. The van der Waals surface area contributed by atoms with Crippen molar-refractivity contribution in [3.8, 4) is 5.75 Å². The molecule has 3 atom stereocenters. The minimum Gasteiger partial charge on any atom is -0.457 e. The van der Waals surface area contributed by atoms with Gasteiger partial charge in [-0.05, 0) is 99.4 Å². The SMILES string of the molecule is CC(=O)Oc1cccc(C23CCN(CC4CC4)CC2(OC(C)=O)CCC(N(CC(C)C)C(=O)CCCCCc2ccccc2)C3)c1. The largest absolute Gasteiger partial charge is 0.457 e. The Bertz CT molecular complexity index is 1340. The van der Waals surface area contributed by atoms with Crippen LogP contribution in [0.1, 0.15) is 103 Å². The molecule has 2 aromatic carbocycles. The van der Waals surface area contributed by atoms with Gasteiger partial charge in [-0.25, -0.2) is 0 Å². The van der Waals surface area contributed by atoms with Crippen molar-refractivity contribution in [2.24, 2.45) is 11.8 Å². The second-order valence-electron chi connectivity index (χ2n) is 14.6. The first kappa shape index (κ1) is 34.2. The quantitative estimate of drug-likeness (QED) is 0.126. The molecule has 3 fully saturated rings. The molecule has 2 saturated carbocycles. The van der Waals surface area contributed by atoms with Crippen LogP contribution in [0, 0.1) is 11.8 Å². The van der Waals surface area contributed by atoms with Gasteiger partial charge < -0.3 is 14.4 Å². The fourth-order valence-electron chi connectivity index (χ4n) is 8.19. The Morgan fingerprint density at radius 2 is 1.72 bits per heavy atom. The number of hydrogen-bond donors (Lipinski definition) is 0. The van der Waals surface area contributed by atoms with Crippen LogP contribution >= 0.6 is 0 Å². The lowest BCUT2D eigenvalue weighted by molar-refractivity contribution is -0.190. The normalized spacial score (nSPS) is 24.7. The number of carbonyl (C=O) groups excluding carboxylic acids is 3. The van der Waals surface area contributed by atoms with Crippen molar-refractivity contribution in [3.63, 3.8) is 0 Å². The summed E-state index contributed by atoms with van der Waals surface area (Å²) >= 11 is 0. The van der Waals surface area contributed by atoms with Crippen molar-refractivity contribution in [3.05, 3.63) is 65.7 Å². The number of nitrogens with zero attached hydrogens (tertiary/aromatic N) is 2. The molecule has 2 aromatic rings. The van der Waals surface area contributed by atoms with Crippen LogP contribution in [0.3, 0.4) is 0 Å². The van der Waals surface area contributed by atoms with Crippen LogP contribution < -0.4 is 4.74 Å². The summed E-state index contributed by atoms with van der Waals surface area (Å²) in [6.07, 6.45) is 10.1. The van der Waals surface area contributed by atoms with E-state index in [9.17, 15) is 14.4 Å². The molecule has 1 amide bonds. The Kier molecular flexibility index (Phi) is 11.2. The first-order valence-electron chi connectivity index (χ1n) is 17.6. The van der Waals surface area contributed by atoms with Gasteiger partial charge in [-0.3, -0.25) is 19.3 Å². The minimum absolute atomic E-state index is 0.0373. The lowest BCUT2D eigenvalue weighted by Crippen LogP contribution is -2.69. The molecule has 0 spiro atoms. The van der Waals surface area contributed by atoms with Crippen LogP contribution in [0.25, 0.3) is 0 Å². The number of esters is 2. The average molecular weight is 631 g/mol. The lowest BCUT2D eigenvalue weighted by atomic mass is 9.54. The first-order valence-corrected chi connectivity index (χ1v) is 17.6. The van der Waals surface area contributed by atoms with Crippen LogP contribution in [0.2, 0.25) is 0 Å². The van der Waals surface area contributed by atoms with Crippen LogP contribution in [0.15, 0.2) is 54.6 Å². The number of carbonyl (C=O) groups is 3. The highest BCUT2D eigenvalue weighted by Gasteiger charge is 2.61. The second kappa shape index (κ2) is 15.1. The molecule has 250 valence electrons. The van der Waals surface area contributed by atoms with E-state index in [1.54, 1.807) is 0 Å². The fourth-order valence-corrected chi connectivity index (χ4v) is 8.19. The molecule has 5 rings (SSSR count). The van der Waals surface area contributed by atoms with Gasteiger partial charge in [-0.15, -0.1) is 0 Å². The lowest BCUT2D eigenvalue weighted by Gasteiger charge is -2.60. The third-order valence-electron chi connectivity index (χ3n) is 10.4. The molecule has 46 heavy (non-hydrogen) atoms. The van der Waals surface area contributed by atoms with E-state index in [4.69, 9.17) is 9.47 Å². The Morgan fingerprint density at radius 1 is 0.935 bits per heavy atom. The minimum atomic E-state index is -0.721. The highest BCUT2D eigenvalue weighted by atomic mass is 16.6.